The van der Waals surface area contributed by atoms with Gasteiger partial charge in [-0.3, -0.25) is 0 Å². The average molecular weight is 209 g/mol. The monoisotopic (exact) mass is 208 g/mol. The Kier molecular flexibility index (Phi) is 2.38. The molecule has 1 aromatic heterocycles. The van der Waals surface area contributed by atoms with Gasteiger partial charge in [-0.05, 0) is 41.6 Å². The molecule has 0 bridgehead atoms. The SMILES string of the molecule is Cc1sccc1-c1cccc(Cl)c1. The van der Waals surface area contributed by atoms with Gasteiger partial charge >= 0.3 is 0 Å². The summed E-state index contributed by atoms with van der Waals surface area (Å²) in [5.74, 6) is 0. The van der Waals surface area contributed by atoms with Crippen molar-refractivity contribution in [3.05, 3.63) is 45.6 Å². The predicted molar refractivity (Wildman–Crippen MR) is 59.5 cm³/mol. The fourth-order valence-electron chi connectivity index (χ4n) is 1.34. The first-order valence-corrected chi connectivity index (χ1v) is 5.33. The fraction of sp³-hybridized carbons (Fsp3) is 0.0909. The number of rotatable bonds is 1. The third-order valence-corrected chi connectivity index (χ3v) is 3.08. The zero-order valence-corrected chi connectivity index (χ0v) is 8.82. The molecule has 0 fully saturated rings. The second-order valence-corrected chi connectivity index (χ2v) is 4.46. The lowest BCUT2D eigenvalue weighted by Crippen LogP contribution is -1.75. The average Bonchev–Trinajstić information content (AvgIpc) is 2.51. The maximum atomic E-state index is 5.92. The largest absolute Gasteiger partial charge is 0.149 e. The highest BCUT2D eigenvalue weighted by atomic mass is 35.5. The van der Waals surface area contributed by atoms with Gasteiger partial charge in [-0.15, -0.1) is 11.3 Å². The molecule has 0 saturated carbocycles. The Bertz CT molecular complexity index is 418. The van der Waals surface area contributed by atoms with Crippen LogP contribution in [-0.2, 0) is 0 Å². The summed E-state index contributed by atoms with van der Waals surface area (Å²) in [7, 11) is 0. The molecule has 1 aromatic carbocycles. The normalized spacial score (nSPS) is 10.3. The lowest BCUT2D eigenvalue weighted by Gasteiger charge is -1.99. The third-order valence-electron chi connectivity index (χ3n) is 1.99. The Morgan fingerprint density at radius 1 is 1.23 bits per heavy atom. The van der Waals surface area contributed by atoms with Crippen LogP contribution < -0.4 is 0 Å². The molecule has 0 atom stereocenters. The van der Waals surface area contributed by atoms with Crippen LogP contribution in [-0.4, -0.2) is 0 Å². The zero-order chi connectivity index (χ0) is 9.26. The van der Waals surface area contributed by atoms with Gasteiger partial charge in [0.2, 0.25) is 0 Å². The quantitative estimate of drug-likeness (QED) is 0.653. The van der Waals surface area contributed by atoms with E-state index in [0.717, 1.165) is 5.02 Å². The Morgan fingerprint density at radius 2 is 2.08 bits per heavy atom. The summed E-state index contributed by atoms with van der Waals surface area (Å²) in [4.78, 5) is 1.34. The predicted octanol–water partition coefficient (Wildman–Crippen LogP) is 4.38. The van der Waals surface area contributed by atoms with Crippen LogP contribution >= 0.6 is 22.9 Å². The molecule has 0 saturated heterocycles. The summed E-state index contributed by atoms with van der Waals surface area (Å²) >= 11 is 7.68. The van der Waals surface area contributed by atoms with Crippen LogP contribution in [0.25, 0.3) is 11.1 Å². The van der Waals surface area contributed by atoms with Crippen LogP contribution in [0.1, 0.15) is 4.88 Å². The second kappa shape index (κ2) is 3.52. The molecule has 0 radical (unpaired) electrons. The summed E-state index contributed by atoms with van der Waals surface area (Å²) in [6.45, 7) is 2.13. The van der Waals surface area contributed by atoms with Crippen molar-refractivity contribution in [3.8, 4) is 11.1 Å². The summed E-state index contributed by atoms with van der Waals surface area (Å²) < 4.78 is 0. The molecule has 66 valence electrons. The van der Waals surface area contributed by atoms with Crippen molar-refractivity contribution >= 4 is 22.9 Å². The maximum Gasteiger partial charge on any atom is 0.0412 e. The number of hydrogen-bond acceptors (Lipinski definition) is 1. The van der Waals surface area contributed by atoms with E-state index < -0.39 is 0 Å². The molecule has 0 N–H and O–H groups in total. The minimum Gasteiger partial charge on any atom is -0.149 e. The Labute approximate surface area is 86.8 Å². The van der Waals surface area contributed by atoms with Crippen LogP contribution in [0.3, 0.4) is 0 Å². The maximum absolute atomic E-state index is 5.92. The molecule has 0 nitrogen and oxygen atoms in total. The van der Waals surface area contributed by atoms with E-state index in [0.29, 0.717) is 0 Å². The smallest absolute Gasteiger partial charge is 0.0412 e. The molecular weight excluding hydrogens is 200 g/mol. The first-order valence-electron chi connectivity index (χ1n) is 4.07. The first-order chi connectivity index (χ1) is 6.27. The number of halogens is 1. The fourth-order valence-corrected chi connectivity index (χ4v) is 2.25. The molecule has 2 rings (SSSR count). The topological polar surface area (TPSA) is 0 Å². The highest BCUT2D eigenvalue weighted by Crippen LogP contribution is 2.28. The Balaban J connectivity index is 2.53. The van der Waals surface area contributed by atoms with Crippen molar-refractivity contribution in [3.63, 3.8) is 0 Å². The Hall–Kier alpha value is -0.790. The molecule has 1 heterocycles. The minimum atomic E-state index is 0.795. The van der Waals surface area contributed by atoms with E-state index in [2.05, 4.69) is 24.4 Å². The molecule has 0 unspecified atom stereocenters. The van der Waals surface area contributed by atoms with E-state index in [-0.39, 0.29) is 0 Å². The lowest BCUT2D eigenvalue weighted by atomic mass is 10.1. The summed E-state index contributed by atoms with van der Waals surface area (Å²) in [6, 6.07) is 10.1. The van der Waals surface area contributed by atoms with Crippen LogP contribution in [0.2, 0.25) is 5.02 Å². The first kappa shape index (κ1) is 8.79. The zero-order valence-electron chi connectivity index (χ0n) is 7.25. The summed E-state index contributed by atoms with van der Waals surface area (Å²) in [5, 5.41) is 2.90. The van der Waals surface area contributed by atoms with Gasteiger partial charge in [-0.1, -0.05) is 23.7 Å². The van der Waals surface area contributed by atoms with Crippen LogP contribution in [0.5, 0.6) is 0 Å². The van der Waals surface area contributed by atoms with Gasteiger partial charge in [-0.2, -0.15) is 0 Å². The molecule has 0 aliphatic heterocycles. The molecule has 0 aliphatic carbocycles. The van der Waals surface area contributed by atoms with Crippen LogP contribution in [0, 0.1) is 6.92 Å². The van der Waals surface area contributed by atoms with Gasteiger partial charge in [0.05, 0.1) is 0 Å². The molecule has 2 heteroatoms. The van der Waals surface area contributed by atoms with Crippen molar-refractivity contribution in [1.29, 1.82) is 0 Å². The van der Waals surface area contributed by atoms with E-state index in [4.69, 9.17) is 11.6 Å². The molecule has 13 heavy (non-hydrogen) atoms. The van der Waals surface area contributed by atoms with Gasteiger partial charge in [0, 0.05) is 9.90 Å². The minimum absolute atomic E-state index is 0.795. The number of aryl methyl sites for hydroxylation is 1. The Morgan fingerprint density at radius 3 is 2.69 bits per heavy atom. The van der Waals surface area contributed by atoms with Crippen molar-refractivity contribution in [2.75, 3.05) is 0 Å². The van der Waals surface area contributed by atoms with E-state index in [1.54, 1.807) is 11.3 Å². The summed E-state index contributed by atoms with van der Waals surface area (Å²) in [6.07, 6.45) is 0. The molecule has 0 spiro atoms. The third kappa shape index (κ3) is 1.77. The lowest BCUT2D eigenvalue weighted by molar-refractivity contribution is 1.58. The standard InChI is InChI=1S/C11H9ClS/c1-8-11(5-6-13-8)9-3-2-4-10(12)7-9/h2-7H,1H3. The number of hydrogen-bond donors (Lipinski definition) is 0. The van der Waals surface area contributed by atoms with Gasteiger partial charge in [0.25, 0.3) is 0 Å². The van der Waals surface area contributed by atoms with Gasteiger partial charge in [-0.25, -0.2) is 0 Å². The molecule has 0 aliphatic rings. The van der Waals surface area contributed by atoms with Crippen LogP contribution in [0.4, 0.5) is 0 Å². The van der Waals surface area contributed by atoms with E-state index in [9.17, 15) is 0 Å². The van der Waals surface area contributed by atoms with Crippen molar-refractivity contribution < 1.29 is 0 Å². The second-order valence-electron chi connectivity index (χ2n) is 2.90. The van der Waals surface area contributed by atoms with Crippen LogP contribution in [0.15, 0.2) is 35.7 Å². The highest BCUT2D eigenvalue weighted by molar-refractivity contribution is 7.10. The van der Waals surface area contributed by atoms with E-state index >= 15 is 0 Å². The summed E-state index contributed by atoms with van der Waals surface area (Å²) in [5.41, 5.74) is 2.48. The molecule has 2 aromatic rings. The molecule has 0 amide bonds. The van der Waals surface area contributed by atoms with Gasteiger partial charge < -0.3 is 0 Å². The van der Waals surface area contributed by atoms with Gasteiger partial charge in [0.1, 0.15) is 0 Å². The van der Waals surface area contributed by atoms with Crippen molar-refractivity contribution in [2.24, 2.45) is 0 Å². The number of thiophene rings is 1. The molecular formula is C11H9ClS. The number of benzene rings is 1. The van der Waals surface area contributed by atoms with E-state index in [1.807, 2.05) is 18.2 Å². The highest BCUT2D eigenvalue weighted by Gasteiger charge is 2.02. The van der Waals surface area contributed by atoms with Crippen molar-refractivity contribution in [1.82, 2.24) is 0 Å². The van der Waals surface area contributed by atoms with E-state index in [1.165, 1.54) is 16.0 Å². The van der Waals surface area contributed by atoms with Gasteiger partial charge in [0.15, 0.2) is 0 Å². The van der Waals surface area contributed by atoms with Crippen molar-refractivity contribution in [2.45, 2.75) is 6.92 Å².